The van der Waals surface area contributed by atoms with Gasteiger partial charge in [-0.25, -0.2) is 0 Å². The number of nitrogens with zero attached hydrogens (tertiary/aromatic N) is 3. The summed E-state index contributed by atoms with van der Waals surface area (Å²) in [5.74, 6) is 1.76. The summed E-state index contributed by atoms with van der Waals surface area (Å²) in [6.07, 6.45) is 3.30. The largest absolute Gasteiger partial charge is 0.497 e. The van der Waals surface area contributed by atoms with Gasteiger partial charge in [-0.05, 0) is 49.2 Å². The first kappa shape index (κ1) is 15.3. The Balaban J connectivity index is 1.53. The van der Waals surface area contributed by atoms with Crippen molar-refractivity contribution in [3.8, 4) is 5.75 Å². The van der Waals surface area contributed by atoms with E-state index < -0.39 is 0 Å². The molecule has 0 bridgehead atoms. The summed E-state index contributed by atoms with van der Waals surface area (Å²) in [5, 5.41) is 11.0. The number of amides is 1. The number of aromatic nitrogens is 2. The molecule has 2 heterocycles. The number of carbonyl (C=O) groups excluding carboxylic acids is 1. The molecule has 1 aliphatic rings. The van der Waals surface area contributed by atoms with Gasteiger partial charge in [-0.3, -0.25) is 4.79 Å². The number of piperidine rings is 1. The lowest BCUT2D eigenvalue weighted by Gasteiger charge is -2.31. The van der Waals surface area contributed by atoms with Crippen LogP contribution in [0.5, 0.6) is 5.75 Å². The first-order valence-corrected chi connectivity index (χ1v) is 7.74. The number of benzene rings is 1. The molecule has 1 aliphatic heterocycles. The molecule has 0 unspecified atom stereocenters. The molecular formula is C17H20N4O2. The Morgan fingerprint density at radius 1 is 1.22 bits per heavy atom. The third-order valence-electron chi connectivity index (χ3n) is 4.11. The van der Waals surface area contributed by atoms with Gasteiger partial charge in [0.1, 0.15) is 5.75 Å². The Bertz CT molecular complexity index is 637. The summed E-state index contributed by atoms with van der Waals surface area (Å²) in [4.78, 5) is 14.5. The summed E-state index contributed by atoms with van der Waals surface area (Å²) in [5.41, 5.74) is 0.798. The molecule has 6 nitrogen and oxygen atoms in total. The van der Waals surface area contributed by atoms with Gasteiger partial charge in [0.2, 0.25) is 5.91 Å². The van der Waals surface area contributed by atoms with Crippen LogP contribution in [0.2, 0.25) is 0 Å². The quantitative estimate of drug-likeness (QED) is 0.938. The number of ether oxygens (including phenoxy) is 1. The topological polar surface area (TPSA) is 67.3 Å². The van der Waals surface area contributed by atoms with Crippen LogP contribution in [0.4, 0.5) is 11.5 Å². The van der Waals surface area contributed by atoms with Crippen LogP contribution in [0.1, 0.15) is 12.8 Å². The molecule has 0 spiro atoms. The minimum Gasteiger partial charge on any atom is -0.497 e. The summed E-state index contributed by atoms with van der Waals surface area (Å²) in [6, 6.07) is 11.2. The molecule has 1 fully saturated rings. The molecule has 0 saturated carbocycles. The lowest BCUT2D eigenvalue weighted by atomic mass is 9.96. The van der Waals surface area contributed by atoms with Crippen molar-refractivity contribution in [2.24, 2.45) is 5.92 Å². The average molecular weight is 312 g/mol. The summed E-state index contributed by atoms with van der Waals surface area (Å²) in [6.45, 7) is 1.64. The fraction of sp³-hybridized carbons (Fsp3) is 0.353. The second-order valence-corrected chi connectivity index (χ2v) is 5.56. The first-order valence-electron chi connectivity index (χ1n) is 7.74. The molecule has 0 atom stereocenters. The second-order valence-electron chi connectivity index (χ2n) is 5.56. The highest BCUT2D eigenvalue weighted by Crippen LogP contribution is 2.23. The smallest absolute Gasteiger partial charge is 0.227 e. The Hall–Kier alpha value is -2.63. The highest BCUT2D eigenvalue weighted by atomic mass is 16.5. The predicted octanol–water partition coefficient (Wildman–Crippen LogP) is 2.34. The van der Waals surface area contributed by atoms with Crippen molar-refractivity contribution in [1.82, 2.24) is 10.2 Å². The predicted molar refractivity (Wildman–Crippen MR) is 88.6 cm³/mol. The molecule has 1 aromatic heterocycles. The van der Waals surface area contributed by atoms with E-state index in [1.165, 1.54) is 0 Å². The van der Waals surface area contributed by atoms with Crippen molar-refractivity contribution in [3.63, 3.8) is 0 Å². The first-order chi connectivity index (χ1) is 11.3. The SMILES string of the molecule is COc1ccc(NC(=O)C2CCN(c3cccnn3)CC2)cc1. The van der Waals surface area contributed by atoms with Crippen molar-refractivity contribution in [2.45, 2.75) is 12.8 Å². The fourth-order valence-corrected chi connectivity index (χ4v) is 2.75. The van der Waals surface area contributed by atoms with Gasteiger partial charge in [0.05, 0.1) is 7.11 Å². The van der Waals surface area contributed by atoms with Crippen molar-refractivity contribution < 1.29 is 9.53 Å². The molecule has 2 aromatic rings. The van der Waals surface area contributed by atoms with Gasteiger partial charge >= 0.3 is 0 Å². The van der Waals surface area contributed by atoms with Crippen molar-refractivity contribution >= 4 is 17.4 Å². The number of nitrogens with one attached hydrogen (secondary N) is 1. The molecule has 23 heavy (non-hydrogen) atoms. The van der Waals surface area contributed by atoms with E-state index in [-0.39, 0.29) is 11.8 Å². The average Bonchev–Trinajstić information content (AvgIpc) is 2.63. The molecule has 0 aliphatic carbocycles. The van der Waals surface area contributed by atoms with Crippen LogP contribution >= 0.6 is 0 Å². The highest BCUT2D eigenvalue weighted by molar-refractivity contribution is 5.92. The van der Waals surface area contributed by atoms with Gasteiger partial charge in [0.25, 0.3) is 0 Å². The lowest BCUT2D eigenvalue weighted by Crippen LogP contribution is -2.38. The number of anilines is 2. The van der Waals surface area contributed by atoms with Gasteiger partial charge in [0.15, 0.2) is 5.82 Å². The molecule has 1 N–H and O–H groups in total. The highest BCUT2D eigenvalue weighted by Gasteiger charge is 2.25. The van der Waals surface area contributed by atoms with E-state index in [9.17, 15) is 4.79 Å². The Labute approximate surface area is 135 Å². The minimum atomic E-state index is 0.0324. The number of carbonyl (C=O) groups is 1. The standard InChI is InChI=1S/C17H20N4O2/c1-23-15-6-4-14(5-7-15)19-17(22)13-8-11-21(12-9-13)16-3-2-10-18-20-16/h2-7,10,13H,8-9,11-12H2,1H3,(H,19,22). The van der Waals surface area contributed by atoms with Crippen LogP contribution in [0, 0.1) is 5.92 Å². The van der Waals surface area contributed by atoms with Crippen LogP contribution in [0.3, 0.4) is 0 Å². The number of hydrogen-bond acceptors (Lipinski definition) is 5. The van der Waals surface area contributed by atoms with Crippen LogP contribution in [0.25, 0.3) is 0 Å². The summed E-state index contributed by atoms with van der Waals surface area (Å²) in [7, 11) is 1.62. The zero-order chi connectivity index (χ0) is 16.1. The number of methoxy groups -OCH3 is 1. The molecule has 1 aromatic carbocycles. The third-order valence-corrected chi connectivity index (χ3v) is 4.11. The van der Waals surface area contributed by atoms with Crippen LogP contribution < -0.4 is 15.0 Å². The van der Waals surface area contributed by atoms with Crippen molar-refractivity contribution in [3.05, 3.63) is 42.6 Å². The molecule has 1 saturated heterocycles. The maximum absolute atomic E-state index is 12.4. The Morgan fingerprint density at radius 3 is 2.57 bits per heavy atom. The van der Waals surface area contributed by atoms with Gasteiger partial charge in [-0.2, -0.15) is 5.10 Å². The van der Waals surface area contributed by atoms with E-state index in [4.69, 9.17) is 4.74 Å². The zero-order valence-corrected chi connectivity index (χ0v) is 13.1. The number of rotatable bonds is 4. The molecule has 1 amide bonds. The number of hydrogen-bond donors (Lipinski definition) is 1. The summed E-state index contributed by atoms with van der Waals surface area (Å²) < 4.78 is 5.12. The summed E-state index contributed by atoms with van der Waals surface area (Å²) >= 11 is 0. The normalized spacial score (nSPS) is 15.3. The molecule has 3 rings (SSSR count). The van der Waals surface area contributed by atoms with Crippen LogP contribution in [-0.2, 0) is 4.79 Å². The van der Waals surface area contributed by atoms with Crippen LogP contribution in [-0.4, -0.2) is 36.3 Å². The van der Waals surface area contributed by atoms with E-state index in [2.05, 4.69) is 20.4 Å². The van der Waals surface area contributed by atoms with Crippen molar-refractivity contribution in [2.75, 3.05) is 30.4 Å². The Kier molecular flexibility index (Phi) is 4.71. The van der Waals surface area contributed by atoms with E-state index in [1.54, 1.807) is 13.3 Å². The van der Waals surface area contributed by atoms with E-state index >= 15 is 0 Å². The lowest BCUT2D eigenvalue weighted by molar-refractivity contribution is -0.120. The molecule has 6 heteroatoms. The maximum atomic E-state index is 12.4. The Morgan fingerprint density at radius 2 is 1.96 bits per heavy atom. The molecule has 120 valence electrons. The fourth-order valence-electron chi connectivity index (χ4n) is 2.75. The molecular weight excluding hydrogens is 292 g/mol. The van der Waals surface area contributed by atoms with Gasteiger partial charge in [-0.15, -0.1) is 5.10 Å². The maximum Gasteiger partial charge on any atom is 0.227 e. The third kappa shape index (κ3) is 3.77. The van der Waals surface area contributed by atoms with Gasteiger partial charge < -0.3 is 15.0 Å². The van der Waals surface area contributed by atoms with Crippen molar-refractivity contribution in [1.29, 1.82) is 0 Å². The minimum absolute atomic E-state index is 0.0324. The van der Waals surface area contributed by atoms with Gasteiger partial charge in [0, 0.05) is 30.9 Å². The zero-order valence-electron chi connectivity index (χ0n) is 13.1. The molecule has 0 radical (unpaired) electrons. The monoisotopic (exact) mass is 312 g/mol. The van der Waals surface area contributed by atoms with E-state index in [0.29, 0.717) is 0 Å². The van der Waals surface area contributed by atoms with Crippen LogP contribution in [0.15, 0.2) is 42.6 Å². The van der Waals surface area contributed by atoms with E-state index in [0.717, 1.165) is 43.2 Å². The van der Waals surface area contributed by atoms with E-state index in [1.807, 2.05) is 36.4 Å². The second kappa shape index (κ2) is 7.09. The van der Waals surface area contributed by atoms with Gasteiger partial charge in [-0.1, -0.05) is 0 Å².